The Morgan fingerprint density at radius 1 is 0.769 bits per heavy atom. The molecule has 0 aliphatic rings. The Kier molecular flexibility index (Phi) is 17.1. The summed E-state index contributed by atoms with van der Waals surface area (Å²) in [5, 5.41) is 0. The molecule has 1 atom stereocenters. The first-order valence-corrected chi connectivity index (χ1v) is 10.4. The summed E-state index contributed by atoms with van der Waals surface area (Å²) in [5.41, 5.74) is 7.78. The lowest BCUT2D eigenvalue weighted by atomic mass is 9.80. The predicted molar refractivity (Wildman–Crippen MR) is 116 cm³/mol. The van der Waals surface area contributed by atoms with Gasteiger partial charge in [-0.2, -0.15) is 0 Å². The maximum atomic E-state index is 6.45. The van der Waals surface area contributed by atoms with Crippen molar-refractivity contribution in [3.05, 3.63) is 35.9 Å². The fourth-order valence-corrected chi connectivity index (χ4v) is 3.51. The smallest absolute Gasteiger partial charge is 0.0129 e. The molecule has 154 valence electrons. The summed E-state index contributed by atoms with van der Waals surface area (Å²) < 4.78 is 0. The normalized spacial score (nSPS) is 12.2. The third-order valence-corrected chi connectivity index (χ3v) is 5.28. The monoisotopic (exact) mass is 367 g/mol. The van der Waals surface area contributed by atoms with E-state index in [1.807, 2.05) is 0 Å². The molecule has 3 nitrogen and oxygen atoms in total. The van der Waals surface area contributed by atoms with Crippen LogP contribution in [0.1, 0.15) is 97.0 Å². The van der Waals surface area contributed by atoms with Gasteiger partial charge in [0.1, 0.15) is 0 Å². The van der Waals surface area contributed by atoms with Gasteiger partial charge in [0.2, 0.25) is 0 Å². The fourth-order valence-electron chi connectivity index (χ4n) is 3.51. The van der Waals surface area contributed by atoms with Crippen LogP contribution in [0.2, 0.25) is 0 Å². The van der Waals surface area contributed by atoms with Crippen molar-refractivity contribution in [2.75, 3.05) is 0 Å². The van der Waals surface area contributed by atoms with Crippen molar-refractivity contribution in [3.8, 4) is 0 Å². The molecular formula is C23H45NO2. The van der Waals surface area contributed by atoms with Crippen LogP contribution in [0, 0.1) is 5.92 Å². The number of unbranched alkanes of at least 4 members (excludes halogenated alkanes) is 9. The molecule has 0 saturated carbocycles. The second-order valence-electron chi connectivity index (χ2n) is 8.18. The molecule has 1 rings (SSSR count). The quantitative estimate of drug-likeness (QED) is 0.447. The van der Waals surface area contributed by atoms with Gasteiger partial charge < -0.3 is 16.7 Å². The molecule has 3 heteroatoms. The molecule has 0 saturated heterocycles. The van der Waals surface area contributed by atoms with E-state index in [9.17, 15) is 0 Å². The SMILES string of the molecule is CCCCCCCCCCCCC(Cc1ccccc1)C(C)(C)N.O.O. The lowest BCUT2D eigenvalue weighted by molar-refractivity contribution is 0.290. The average Bonchev–Trinajstić information content (AvgIpc) is 2.55. The molecule has 0 aromatic heterocycles. The first-order valence-electron chi connectivity index (χ1n) is 10.4. The minimum atomic E-state index is -0.0882. The lowest BCUT2D eigenvalue weighted by Gasteiger charge is -2.31. The molecule has 26 heavy (non-hydrogen) atoms. The van der Waals surface area contributed by atoms with Gasteiger partial charge in [0.15, 0.2) is 0 Å². The van der Waals surface area contributed by atoms with Crippen LogP contribution in [0.15, 0.2) is 30.3 Å². The van der Waals surface area contributed by atoms with Crippen molar-refractivity contribution in [1.29, 1.82) is 0 Å². The summed E-state index contributed by atoms with van der Waals surface area (Å²) in [7, 11) is 0. The van der Waals surface area contributed by atoms with Gasteiger partial charge in [-0.05, 0) is 38.2 Å². The van der Waals surface area contributed by atoms with Crippen LogP contribution in [0.25, 0.3) is 0 Å². The highest BCUT2D eigenvalue weighted by Gasteiger charge is 2.24. The molecule has 0 aliphatic heterocycles. The lowest BCUT2D eigenvalue weighted by Crippen LogP contribution is -2.42. The number of nitrogens with two attached hydrogens (primary N) is 1. The Morgan fingerprint density at radius 2 is 1.23 bits per heavy atom. The Morgan fingerprint density at radius 3 is 1.69 bits per heavy atom. The van der Waals surface area contributed by atoms with Crippen molar-refractivity contribution in [1.82, 2.24) is 0 Å². The minimum Gasteiger partial charge on any atom is -0.412 e. The molecule has 0 aliphatic carbocycles. The van der Waals surface area contributed by atoms with Crippen molar-refractivity contribution < 1.29 is 11.0 Å². The molecule has 0 fully saturated rings. The molecule has 6 N–H and O–H groups in total. The van der Waals surface area contributed by atoms with E-state index in [1.165, 1.54) is 76.2 Å². The Balaban J connectivity index is 0. The van der Waals surface area contributed by atoms with Crippen LogP contribution in [0.4, 0.5) is 0 Å². The summed E-state index contributed by atoms with van der Waals surface area (Å²) in [6.07, 6.45) is 16.4. The minimum absolute atomic E-state index is 0. The number of hydrogen-bond acceptors (Lipinski definition) is 1. The maximum Gasteiger partial charge on any atom is 0.0129 e. The summed E-state index contributed by atoms with van der Waals surface area (Å²) >= 11 is 0. The van der Waals surface area contributed by atoms with Gasteiger partial charge in [-0.25, -0.2) is 0 Å². The first-order chi connectivity index (χ1) is 11.5. The van der Waals surface area contributed by atoms with Crippen LogP contribution >= 0.6 is 0 Å². The third-order valence-electron chi connectivity index (χ3n) is 5.28. The van der Waals surface area contributed by atoms with Crippen LogP contribution in [-0.4, -0.2) is 16.5 Å². The largest absolute Gasteiger partial charge is 0.412 e. The highest BCUT2D eigenvalue weighted by atomic mass is 16.0. The first kappa shape index (κ1) is 27.3. The van der Waals surface area contributed by atoms with Crippen LogP contribution in [-0.2, 0) is 6.42 Å². The zero-order valence-corrected chi connectivity index (χ0v) is 17.5. The predicted octanol–water partition coefficient (Wildman–Crippen LogP) is 5.24. The maximum absolute atomic E-state index is 6.45. The summed E-state index contributed by atoms with van der Waals surface area (Å²) in [6.45, 7) is 6.67. The Bertz CT molecular complexity index is 400. The summed E-state index contributed by atoms with van der Waals surface area (Å²) in [5.74, 6) is 0.578. The zero-order chi connectivity index (χ0) is 17.7. The molecular weight excluding hydrogens is 322 g/mol. The average molecular weight is 368 g/mol. The van der Waals surface area contributed by atoms with Crippen LogP contribution in [0.3, 0.4) is 0 Å². The molecule has 1 aromatic rings. The second kappa shape index (κ2) is 16.3. The van der Waals surface area contributed by atoms with Gasteiger partial charge >= 0.3 is 0 Å². The second-order valence-corrected chi connectivity index (χ2v) is 8.18. The van der Waals surface area contributed by atoms with E-state index >= 15 is 0 Å². The van der Waals surface area contributed by atoms with Gasteiger partial charge in [0, 0.05) is 5.54 Å². The van der Waals surface area contributed by atoms with Crippen LogP contribution in [0.5, 0.6) is 0 Å². The molecule has 0 amide bonds. The molecule has 0 spiro atoms. The fraction of sp³-hybridized carbons (Fsp3) is 0.739. The molecule has 1 unspecified atom stereocenters. The topological polar surface area (TPSA) is 89.0 Å². The van der Waals surface area contributed by atoms with Crippen molar-refractivity contribution >= 4 is 0 Å². The van der Waals surface area contributed by atoms with E-state index in [2.05, 4.69) is 51.1 Å². The van der Waals surface area contributed by atoms with Gasteiger partial charge in [0.25, 0.3) is 0 Å². The van der Waals surface area contributed by atoms with Crippen molar-refractivity contribution in [2.45, 2.75) is 103 Å². The Hall–Kier alpha value is -0.900. The summed E-state index contributed by atoms with van der Waals surface area (Å²) in [6, 6.07) is 10.8. The third kappa shape index (κ3) is 13.3. The highest BCUT2D eigenvalue weighted by Crippen LogP contribution is 2.25. The Labute approximate surface area is 162 Å². The molecule has 0 radical (unpaired) electrons. The summed E-state index contributed by atoms with van der Waals surface area (Å²) in [4.78, 5) is 0. The number of hydrogen-bond donors (Lipinski definition) is 1. The van der Waals surface area contributed by atoms with E-state index in [0.29, 0.717) is 5.92 Å². The van der Waals surface area contributed by atoms with Gasteiger partial charge in [-0.3, -0.25) is 0 Å². The van der Waals surface area contributed by atoms with E-state index < -0.39 is 0 Å². The van der Waals surface area contributed by atoms with E-state index in [-0.39, 0.29) is 16.5 Å². The van der Waals surface area contributed by atoms with Gasteiger partial charge in [-0.15, -0.1) is 0 Å². The van der Waals surface area contributed by atoms with E-state index in [1.54, 1.807) is 0 Å². The molecule has 0 bridgehead atoms. The number of rotatable bonds is 14. The number of benzene rings is 1. The van der Waals surface area contributed by atoms with Crippen molar-refractivity contribution in [2.24, 2.45) is 11.7 Å². The van der Waals surface area contributed by atoms with Gasteiger partial charge in [-0.1, -0.05) is 101 Å². The standard InChI is InChI=1S/C23H41N.2H2O/c1-4-5-6-7-8-9-10-11-12-16-19-22(23(2,3)24)20-21-17-14-13-15-18-21;;/h13-15,17-18,22H,4-12,16,19-20,24H2,1-3H3;2*1H2. The van der Waals surface area contributed by atoms with Gasteiger partial charge in [0.05, 0.1) is 0 Å². The molecule has 0 heterocycles. The highest BCUT2D eigenvalue weighted by molar-refractivity contribution is 5.16. The van der Waals surface area contributed by atoms with E-state index in [4.69, 9.17) is 5.73 Å². The molecule has 1 aromatic carbocycles. The van der Waals surface area contributed by atoms with Crippen LogP contribution < -0.4 is 5.73 Å². The zero-order valence-electron chi connectivity index (χ0n) is 17.5. The van der Waals surface area contributed by atoms with Crippen molar-refractivity contribution in [3.63, 3.8) is 0 Å². The van der Waals surface area contributed by atoms with E-state index in [0.717, 1.165) is 6.42 Å².